The molecule has 0 aliphatic rings. The Morgan fingerprint density at radius 1 is 1.20 bits per heavy atom. The van der Waals surface area contributed by atoms with E-state index in [0.717, 1.165) is 0 Å². The molecule has 0 aliphatic carbocycles. The number of nitrogen functional groups attached to an aromatic ring is 2. The zero-order chi connectivity index (χ0) is 11.6. The minimum atomic E-state index is -1.46. The molecule has 1 rings (SSSR count). The lowest BCUT2D eigenvalue weighted by atomic mass is 10.3. The summed E-state index contributed by atoms with van der Waals surface area (Å²) in [6.45, 7) is 6.38. The van der Waals surface area contributed by atoms with Gasteiger partial charge < -0.3 is 11.5 Å². The standard InChI is InChI=1S/C9H13ClN4Si/c1-15(2,3)5-4-6-7(10)13-9(12)14-8(6)11/h1-3H3,(H4,11,12,13,14). The fraction of sp³-hybridized carbons (Fsp3) is 0.333. The minimum absolute atomic E-state index is 0.0658. The van der Waals surface area contributed by atoms with E-state index in [2.05, 4.69) is 41.1 Å². The van der Waals surface area contributed by atoms with Gasteiger partial charge in [-0.05, 0) is 0 Å². The lowest BCUT2D eigenvalue weighted by Crippen LogP contribution is -2.16. The predicted molar refractivity (Wildman–Crippen MR) is 66.1 cm³/mol. The van der Waals surface area contributed by atoms with Gasteiger partial charge >= 0.3 is 0 Å². The lowest BCUT2D eigenvalue weighted by molar-refractivity contribution is 1.18. The zero-order valence-corrected chi connectivity index (χ0v) is 10.7. The molecule has 0 radical (unpaired) electrons. The van der Waals surface area contributed by atoms with Crippen LogP contribution in [0.25, 0.3) is 0 Å². The SMILES string of the molecule is C[Si](C)(C)C#Cc1c(N)nc(N)nc1Cl. The van der Waals surface area contributed by atoms with E-state index < -0.39 is 8.07 Å². The smallest absolute Gasteiger partial charge is 0.223 e. The van der Waals surface area contributed by atoms with Crippen LogP contribution in [-0.2, 0) is 0 Å². The number of halogens is 1. The Hall–Kier alpha value is -1.25. The molecule has 15 heavy (non-hydrogen) atoms. The van der Waals surface area contributed by atoms with Crippen LogP contribution in [0, 0.1) is 11.5 Å². The summed E-state index contributed by atoms with van der Waals surface area (Å²) >= 11 is 5.87. The largest absolute Gasteiger partial charge is 0.382 e. The molecule has 0 amide bonds. The Balaban J connectivity index is 3.20. The maximum atomic E-state index is 5.87. The fourth-order valence-electron chi connectivity index (χ4n) is 0.832. The van der Waals surface area contributed by atoms with Gasteiger partial charge in [0.15, 0.2) is 5.15 Å². The van der Waals surface area contributed by atoms with Crippen molar-refractivity contribution in [3.8, 4) is 11.5 Å². The highest BCUT2D eigenvalue weighted by Gasteiger charge is 2.10. The monoisotopic (exact) mass is 240 g/mol. The third kappa shape index (κ3) is 3.42. The van der Waals surface area contributed by atoms with Crippen molar-refractivity contribution >= 4 is 31.4 Å². The second kappa shape index (κ2) is 4.09. The van der Waals surface area contributed by atoms with E-state index in [1.54, 1.807) is 0 Å². The van der Waals surface area contributed by atoms with Crippen molar-refractivity contribution in [2.75, 3.05) is 11.5 Å². The predicted octanol–water partition coefficient (Wildman–Crippen LogP) is 1.52. The molecule has 1 aromatic heterocycles. The average Bonchev–Trinajstić information content (AvgIpc) is 1.99. The maximum absolute atomic E-state index is 5.87. The first kappa shape index (κ1) is 11.8. The molecular weight excluding hydrogens is 228 g/mol. The molecule has 80 valence electrons. The van der Waals surface area contributed by atoms with Crippen LogP contribution < -0.4 is 11.5 Å². The zero-order valence-electron chi connectivity index (χ0n) is 8.93. The van der Waals surface area contributed by atoms with Gasteiger partial charge in [-0.1, -0.05) is 37.2 Å². The summed E-state index contributed by atoms with van der Waals surface area (Å²) in [4.78, 5) is 7.61. The Bertz CT molecular complexity index is 419. The van der Waals surface area contributed by atoms with Crippen molar-refractivity contribution in [1.29, 1.82) is 0 Å². The first-order valence-corrected chi connectivity index (χ1v) is 8.29. The van der Waals surface area contributed by atoms with Crippen molar-refractivity contribution in [3.63, 3.8) is 0 Å². The van der Waals surface area contributed by atoms with Gasteiger partial charge in [0.25, 0.3) is 0 Å². The van der Waals surface area contributed by atoms with E-state index in [-0.39, 0.29) is 16.9 Å². The van der Waals surface area contributed by atoms with E-state index in [1.807, 2.05) is 0 Å². The summed E-state index contributed by atoms with van der Waals surface area (Å²) in [5.74, 6) is 3.22. The number of aromatic nitrogens is 2. The molecule has 1 heterocycles. The van der Waals surface area contributed by atoms with Crippen LogP contribution >= 0.6 is 11.6 Å². The van der Waals surface area contributed by atoms with Gasteiger partial charge in [0.05, 0.1) is 0 Å². The van der Waals surface area contributed by atoms with Gasteiger partial charge in [0.1, 0.15) is 19.5 Å². The van der Waals surface area contributed by atoms with Gasteiger partial charge in [-0.15, -0.1) is 5.54 Å². The Labute approximate surface area is 95.1 Å². The van der Waals surface area contributed by atoms with Crippen LogP contribution in [-0.4, -0.2) is 18.0 Å². The molecule has 0 unspecified atom stereocenters. The van der Waals surface area contributed by atoms with Crippen LogP contribution in [0.1, 0.15) is 5.56 Å². The number of nitrogens with zero attached hydrogens (tertiary/aromatic N) is 2. The van der Waals surface area contributed by atoms with Crippen LogP contribution in [0.5, 0.6) is 0 Å². The van der Waals surface area contributed by atoms with E-state index in [9.17, 15) is 0 Å². The second-order valence-corrected chi connectivity index (χ2v) is 9.24. The number of rotatable bonds is 0. The van der Waals surface area contributed by atoms with Crippen LogP contribution in [0.4, 0.5) is 11.8 Å². The van der Waals surface area contributed by atoms with Crippen molar-refractivity contribution in [3.05, 3.63) is 10.7 Å². The molecular formula is C9H13ClN4Si. The van der Waals surface area contributed by atoms with Crippen LogP contribution in [0.2, 0.25) is 24.8 Å². The Morgan fingerprint density at radius 3 is 2.27 bits per heavy atom. The highest BCUT2D eigenvalue weighted by Crippen LogP contribution is 2.18. The molecule has 0 bridgehead atoms. The van der Waals surface area contributed by atoms with Crippen molar-refractivity contribution < 1.29 is 0 Å². The lowest BCUT2D eigenvalue weighted by Gasteiger charge is -2.05. The molecule has 0 saturated carbocycles. The third-order valence-corrected chi connectivity index (χ3v) is 2.62. The molecule has 4 N–H and O–H groups in total. The number of anilines is 2. The normalized spacial score (nSPS) is 10.7. The quantitative estimate of drug-likeness (QED) is 0.410. The summed E-state index contributed by atoms with van der Waals surface area (Å²) in [7, 11) is -1.46. The van der Waals surface area contributed by atoms with Gasteiger partial charge in [0.2, 0.25) is 5.95 Å². The first-order chi connectivity index (χ1) is 6.79. The third-order valence-electron chi connectivity index (χ3n) is 1.47. The van der Waals surface area contributed by atoms with Crippen molar-refractivity contribution in [2.24, 2.45) is 0 Å². The highest BCUT2D eigenvalue weighted by molar-refractivity contribution is 6.83. The van der Waals surface area contributed by atoms with Gasteiger partial charge in [-0.2, -0.15) is 9.97 Å². The van der Waals surface area contributed by atoms with E-state index >= 15 is 0 Å². The number of nitrogens with two attached hydrogens (primary N) is 2. The molecule has 0 aromatic carbocycles. The Kier molecular flexibility index (Phi) is 3.22. The summed E-state index contributed by atoms with van der Waals surface area (Å²) < 4.78 is 0. The molecule has 0 fully saturated rings. The number of hydrogen-bond donors (Lipinski definition) is 2. The second-order valence-electron chi connectivity index (χ2n) is 4.13. The van der Waals surface area contributed by atoms with Gasteiger partial charge in [-0.25, -0.2) is 0 Å². The molecule has 1 aromatic rings. The molecule has 0 aliphatic heterocycles. The van der Waals surface area contributed by atoms with E-state index in [1.165, 1.54) is 0 Å². The van der Waals surface area contributed by atoms with Gasteiger partial charge in [-0.3, -0.25) is 0 Å². The topological polar surface area (TPSA) is 77.8 Å². The van der Waals surface area contributed by atoms with E-state index in [0.29, 0.717) is 5.56 Å². The van der Waals surface area contributed by atoms with Crippen molar-refractivity contribution in [2.45, 2.75) is 19.6 Å². The summed E-state index contributed by atoms with van der Waals surface area (Å²) in [6, 6.07) is 0. The molecule has 0 atom stereocenters. The van der Waals surface area contributed by atoms with Crippen molar-refractivity contribution in [1.82, 2.24) is 9.97 Å². The average molecular weight is 241 g/mol. The molecule has 0 spiro atoms. The van der Waals surface area contributed by atoms with Gasteiger partial charge in [0, 0.05) is 0 Å². The molecule has 4 nitrogen and oxygen atoms in total. The van der Waals surface area contributed by atoms with E-state index in [4.69, 9.17) is 23.1 Å². The maximum Gasteiger partial charge on any atom is 0.223 e. The molecule has 6 heteroatoms. The summed E-state index contributed by atoms with van der Waals surface area (Å²) in [5, 5.41) is 0.214. The first-order valence-electron chi connectivity index (χ1n) is 4.41. The molecule has 0 saturated heterocycles. The van der Waals surface area contributed by atoms with Crippen LogP contribution in [0.15, 0.2) is 0 Å². The Morgan fingerprint density at radius 2 is 1.80 bits per heavy atom. The summed E-state index contributed by atoms with van der Waals surface area (Å²) in [6.07, 6.45) is 0. The minimum Gasteiger partial charge on any atom is -0.382 e. The van der Waals surface area contributed by atoms with Crippen LogP contribution in [0.3, 0.4) is 0 Å². The number of hydrogen-bond acceptors (Lipinski definition) is 4. The highest BCUT2D eigenvalue weighted by atomic mass is 35.5. The summed E-state index contributed by atoms with van der Waals surface area (Å²) in [5.41, 5.74) is 14.6. The fourth-order valence-corrected chi connectivity index (χ4v) is 1.56.